The van der Waals surface area contributed by atoms with E-state index in [0.717, 1.165) is 35.8 Å². The second kappa shape index (κ2) is 9.52. The van der Waals surface area contributed by atoms with Gasteiger partial charge in [-0.3, -0.25) is 15.0 Å². The summed E-state index contributed by atoms with van der Waals surface area (Å²) in [6.07, 6.45) is 2.53. The average Bonchev–Trinajstić information content (AvgIpc) is 3.12. The minimum atomic E-state index is -0.298. The van der Waals surface area contributed by atoms with Crippen molar-refractivity contribution < 1.29 is 9.53 Å². The number of likely N-dealkylation sites (tertiary alicyclic amines) is 1. The number of ether oxygens (including phenoxy) is 1. The van der Waals surface area contributed by atoms with Crippen LogP contribution in [0, 0.1) is 5.92 Å². The summed E-state index contributed by atoms with van der Waals surface area (Å²) < 4.78 is 6.54. The van der Waals surface area contributed by atoms with Gasteiger partial charge in [-0.1, -0.05) is 47.5 Å². The minimum Gasteiger partial charge on any atom is -0.482 e. The first-order valence-electron chi connectivity index (χ1n) is 9.96. The summed E-state index contributed by atoms with van der Waals surface area (Å²) in [7, 11) is 0. The van der Waals surface area contributed by atoms with Gasteiger partial charge in [-0.15, -0.1) is 0 Å². The summed E-state index contributed by atoms with van der Waals surface area (Å²) in [6.45, 7) is 5.41. The van der Waals surface area contributed by atoms with Gasteiger partial charge in [-0.25, -0.2) is 4.98 Å². The number of rotatable bonds is 6. The molecule has 1 amide bonds. The van der Waals surface area contributed by atoms with E-state index >= 15 is 0 Å². The van der Waals surface area contributed by atoms with Gasteiger partial charge in [0.1, 0.15) is 5.75 Å². The molecule has 2 heterocycles. The Morgan fingerprint density at radius 2 is 2.03 bits per heavy atom. The van der Waals surface area contributed by atoms with Crippen molar-refractivity contribution in [2.45, 2.75) is 26.3 Å². The molecule has 1 N–H and O–H groups in total. The minimum absolute atomic E-state index is 0.172. The van der Waals surface area contributed by atoms with Crippen molar-refractivity contribution in [2.75, 3.05) is 25.0 Å². The van der Waals surface area contributed by atoms with E-state index in [4.69, 9.17) is 27.9 Å². The maximum absolute atomic E-state index is 12.3. The average molecular weight is 464 g/mol. The molecule has 1 fully saturated rings. The summed E-state index contributed by atoms with van der Waals surface area (Å²) in [5.74, 6) is 0.906. The number of piperidine rings is 1. The summed E-state index contributed by atoms with van der Waals surface area (Å²) in [5, 5.41) is 4.26. The van der Waals surface area contributed by atoms with Crippen LogP contribution in [0.2, 0.25) is 10.0 Å². The molecule has 0 atom stereocenters. The second-order valence-corrected chi connectivity index (χ2v) is 9.57. The largest absolute Gasteiger partial charge is 0.482 e. The number of benzene rings is 2. The quantitative estimate of drug-likeness (QED) is 0.497. The molecule has 5 nitrogen and oxygen atoms in total. The Kier molecular flexibility index (Phi) is 6.78. The third-order valence-electron chi connectivity index (χ3n) is 5.23. The lowest BCUT2D eigenvalue weighted by molar-refractivity contribution is -0.118. The number of carbonyl (C=O) groups excluding carboxylic acids is 1. The summed E-state index contributed by atoms with van der Waals surface area (Å²) >= 11 is 13.5. The van der Waals surface area contributed by atoms with Gasteiger partial charge in [0.05, 0.1) is 15.2 Å². The van der Waals surface area contributed by atoms with Crippen LogP contribution in [0.1, 0.15) is 25.3 Å². The second-order valence-electron chi connectivity index (χ2n) is 7.69. The van der Waals surface area contributed by atoms with Crippen LogP contribution in [-0.2, 0) is 11.3 Å². The van der Waals surface area contributed by atoms with Crippen LogP contribution in [0.3, 0.4) is 0 Å². The van der Waals surface area contributed by atoms with Gasteiger partial charge in [0, 0.05) is 17.6 Å². The third-order valence-corrected chi connectivity index (χ3v) is 6.71. The zero-order chi connectivity index (χ0) is 21.1. The molecule has 1 aromatic heterocycles. The number of amides is 1. The van der Waals surface area contributed by atoms with E-state index in [1.54, 1.807) is 18.2 Å². The molecule has 4 rings (SSSR count). The smallest absolute Gasteiger partial charge is 0.264 e. The van der Waals surface area contributed by atoms with E-state index in [0.29, 0.717) is 20.9 Å². The topological polar surface area (TPSA) is 54.5 Å². The molecule has 0 spiro atoms. The third kappa shape index (κ3) is 5.43. The van der Waals surface area contributed by atoms with Crippen molar-refractivity contribution in [2.24, 2.45) is 5.92 Å². The molecule has 158 valence electrons. The lowest BCUT2D eigenvalue weighted by Gasteiger charge is -2.30. The predicted octanol–water partition coefficient (Wildman–Crippen LogP) is 5.85. The first-order valence-corrected chi connectivity index (χ1v) is 11.5. The normalized spacial score (nSPS) is 15.4. The Hall–Kier alpha value is -1.86. The van der Waals surface area contributed by atoms with Gasteiger partial charge in [0.2, 0.25) is 0 Å². The van der Waals surface area contributed by atoms with Gasteiger partial charge < -0.3 is 4.74 Å². The van der Waals surface area contributed by atoms with E-state index < -0.39 is 0 Å². The molecule has 0 aliphatic carbocycles. The van der Waals surface area contributed by atoms with Crippen molar-refractivity contribution in [3.8, 4) is 5.75 Å². The Balaban J connectivity index is 1.36. The molecule has 1 saturated heterocycles. The molecule has 2 aromatic carbocycles. The highest BCUT2D eigenvalue weighted by Gasteiger charge is 2.16. The van der Waals surface area contributed by atoms with E-state index in [2.05, 4.69) is 34.3 Å². The molecule has 3 aromatic rings. The number of anilines is 1. The molecule has 1 aliphatic heterocycles. The first kappa shape index (κ1) is 21.4. The number of nitrogens with zero attached hydrogens (tertiary/aromatic N) is 2. The molecule has 0 bridgehead atoms. The Bertz CT molecular complexity index is 1050. The lowest BCUT2D eigenvalue weighted by atomic mass is 9.99. The van der Waals surface area contributed by atoms with Crippen LogP contribution < -0.4 is 10.1 Å². The highest BCUT2D eigenvalue weighted by molar-refractivity contribution is 7.22. The molecule has 0 saturated carbocycles. The number of hydrogen-bond donors (Lipinski definition) is 1. The highest BCUT2D eigenvalue weighted by atomic mass is 35.5. The maximum atomic E-state index is 12.3. The van der Waals surface area contributed by atoms with Gasteiger partial charge >= 0.3 is 0 Å². The zero-order valence-corrected chi connectivity index (χ0v) is 19.0. The standard InChI is InChI=1S/C22H23Cl2N3O2S/c1-14-6-8-27(9-7-14)12-15-2-5-18-20(10-15)30-22(25-18)26-21(28)13-29-19-11-16(23)3-4-17(19)24/h2-5,10-11,14H,6-9,12-13H2,1H3,(H,25,26,28). The summed E-state index contributed by atoms with van der Waals surface area (Å²) in [5.41, 5.74) is 2.16. The Labute approximate surface area is 190 Å². The number of halogens is 2. The first-order chi connectivity index (χ1) is 14.5. The number of carbonyl (C=O) groups is 1. The van der Waals surface area contributed by atoms with Crippen LogP contribution in [0.25, 0.3) is 10.2 Å². The number of hydrogen-bond acceptors (Lipinski definition) is 5. The number of fused-ring (bicyclic) bond motifs is 1. The van der Waals surface area contributed by atoms with Gasteiger partial charge in [0.15, 0.2) is 11.7 Å². The van der Waals surface area contributed by atoms with Crippen molar-refractivity contribution >= 4 is 55.8 Å². The van der Waals surface area contributed by atoms with Crippen LogP contribution in [0.4, 0.5) is 5.13 Å². The predicted molar refractivity (Wildman–Crippen MR) is 124 cm³/mol. The molecular weight excluding hydrogens is 441 g/mol. The van der Waals surface area contributed by atoms with Gasteiger partial charge in [-0.05, 0) is 61.7 Å². The Morgan fingerprint density at radius 3 is 2.83 bits per heavy atom. The van der Waals surface area contributed by atoms with Crippen molar-refractivity contribution in [3.05, 3.63) is 52.0 Å². The van der Waals surface area contributed by atoms with Crippen molar-refractivity contribution in [1.82, 2.24) is 9.88 Å². The van der Waals surface area contributed by atoms with E-state index in [-0.39, 0.29) is 12.5 Å². The fourth-order valence-corrected chi connectivity index (χ4v) is 4.77. The molecule has 30 heavy (non-hydrogen) atoms. The summed E-state index contributed by atoms with van der Waals surface area (Å²) in [4.78, 5) is 19.3. The van der Waals surface area contributed by atoms with Crippen molar-refractivity contribution in [1.29, 1.82) is 0 Å². The van der Waals surface area contributed by atoms with Crippen LogP contribution in [0.15, 0.2) is 36.4 Å². The SMILES string of the molecule is CC1CCN(Cc2ccc3nc(NC(=O)COc4cc(Cl)ccc4Cl)sc3c2)CC1. The van der Waals surface area contributed by atoms with E-state index in [1.165, 1.54) is 29.7 Å². The fourth-order valence-electron chi connectivity index (χ4n) is 3.49. The Morgan fingerprint density at radius 1 is 1.23 bits per heavy atom. The van der Waals surface area contributed by atoms with Crippen molar-refractivity contribution in [3.63, 3.8) is 0 Å². The van der Waals surface area contributed by atoms with Gasteiger partial charge in [0.25, 0.3) is 5.91 Å². The van der Waals surface area contributed by atoms with Gasteiger partial charge in [-0.2, -0.15) is 0 Å². The molecule has 0 unspecified atom stereocenters. The van der Waals surface area contributed by atoms with Crippen LogP contribution >= 0.6 is 34.5 Å². The van der Waals surface area contributed by atoms with Crippen LogP contribution in [0.5, 0.6) is 5.75 Å². The maximum Gasteiger partial charge on any atom is 0.264 e. The molecular formula is C22H23Cl2N3O2S. The fraction of sp³-hybridized carbons (Fsp3) is 0.364. The molecule has 0 radical (unpaired) electrons. The van der Waals surface area contributed by atoms with E-state index in [9.17, 15) is 4.79 Å². The zero-order valence-electron chi connectivity index (χ0n) is 16.7. The van der Waals surface area contributed by atoms with Crippen LogP contribution in [-0.4, -0.2) is 35.5 Å². The lowest BCUT2D eigenvalue weighted by Crippen LogP contribution is -2.32. The van der Waals surface area contributed by atoms with E-state index in [1.807, 2.05) is 6.07 Å². The number of nitrogens with one attached hydrogen (secondary N) is 1. The monoisotopic (exact) mass is 463 g/mol. The highest BCUT2D eigenvalue weighted by Crippen LogP contribution is 2.29. The molecule has 8 heteroatoms. The molecule has 1 aliphatic rings. The number of thiazole rings is 1. The summed E-state index contributed by atoms with van der Waals surface area (Å²) in [6, 6.07) is 11.2. The number of aromatic nitrogens is 1.